The fourth-order valence-corrected chi connectivity index (χ4v) is 3.21. The van der Waals surface area contributed by atoms with E-state index in [2.05, 4.69) is 9.88 Å². The molecule has 3 atom stereocenters. The van der Waals surface area contributed by atoms with E-state index in [-0.39, 0.29) is 24.2 Å². The van der Waals surface area contributed by atoms with E-state index in [1.807, 2.05) is 12.3 Å². The molecule has 0 bridgehead atoms. The third-order valence-corrected chi connectivity index (χ3v) is 4.28. The molecule has 0 N–H and O–H groups in total. The number of hydrogen-bond acceptors (Lipinski definition) is 6. The Kier molecular flexibility index (Phi) is 3.32. The molecule has 2 saturated heterocycles. The number of hydrogen-bond donors (Lipinski definition) is 0. The molecule has 0 spiro atoms. The van der Waals surface area contributed by atoms with Crippen molar-refractivity contribution in [1.29, 1.82) is 0 Å². The van der Waals surface area contributed by atoms with Crippen LogP contribution in [0.4, 0.5) is 0 Å². The fourth-order valence-electron chi connectivity index (χ4n) is 2.53. The van der Waals surface area contributed by atoms with E-state index in [4.69, 9.17) is 9.47 Å². The minimum Gasteiger partial charge on any atom is -0.461 e. The lowest BCUT2D eigenvalue weighted by atomic mass is 10.1. The molecule has 0 aromatic carbocycles. The van der Waals surface area contributed by atoms with Gasteiger partial charge in [0.15, 0.2) is 0 Å². The molecule has 1 aromatic heterocycles. The minimum atomic E-state index is -0.105. The summed E-state index contributed by atoms with van der Waals surface area (Å²) in [4.78, 5) is 18.2. The summed E-state index contributed by atoms with van der Waals surface area (Å²) in [6, 6.07) is -0.105. The largest absolute Gasteiger partial charge is 0.461 e. The van der Waals surface area contributed by atoms with Gasteiger partial charge in [-0.25, -0.2) is 4.98 Å². The number of thiazole rings is 1. The Hall–Kier alpha value is -0.980. The zero-order valence-corrected chi connectivity index (χ0v) is 11.1. The number of carbonyl (C=O) groups is 1. The lowest BCUT2D eigenvalue weighted by Crippen LogP contribution is -2.46. The molecule has 0 radical (unpaired) electrons. The van der Waals surface area contributed by atoms with Crippen LogP contribution in [0.3, 0.4) is 0 Å². The standard InChI is InChI=1S/C12H16N2O3S/c1-8-6-9(12(15)17-8)14-3-4-16-10(7-14)11-13-2-5-18-11/h2,5,8-10H,3-4,6-7H2,1H3/t8-,9+,10+/m1/s1. The Labute approximate surface area is 110 Å². The maximum atomic E-state index is 11.8. The van der Waals surface area contributed by atoms with Gasteiger partial charge in [-0.2, -0.15) is 0 Å². The smallest absolute Gasteiger partial charge is 0.323 e. The molecule has 98 valence electrons. The van der Waals surface area contributed by atoms with E-state index >= 15 is 0 Å². The molecule has 0 unspecified atom stereocenters. The van der Waals surface area contributed by atoms with Crippen molar-refractivity contribution in [3.8, 4) is 0 Å². The molecule has 3 heterocycles. The number of nitrogens with zero attached hydrogens (tertiary/aromatic N) is 2. The Bertz CT molecular complexity index is 423. The van der Waals surface area contributed by atoms with Crippen LogP contribution in [0.1, 0.15) is 24.5 Å². The van der Waals surface area contributed by atoms with Crippen molar-refractivity contribution in [2.45, 2.75) is 31.6 Å². The van der Waals surface area contributed by atoms with Crippen molar-refractivity contribution in [2.24, 2.45) is 0 Å². The summed E-state index contributed by atoms with van der Waals surface area (Å²) in [6.07, 6.45) is 2.59. The summed E-state index contributed by atoms with van der Waals surface area (Å²) in [5.74, 6) is -0.0951. The molecule has 2 aliphatic heterocycles. The summed E-state index contributed by atoms with van der Waals surface area (Å²) < 4.78 is 10.9. The molecule has 18 heavy (non-hydrogen) atoms. The highest BCUT2D eigenvalue weighted by atomic mass is 32.1. The van der Waals surface area contributed by atoms with Crippen LogP contribution in [0.5, 0.6) is 0 Å². The van der Waals surface area contributed by atoms with E-state index in [9.17, 15) is 4.79 Å². The van der Waals surface area contributed by atoms with Crippen molar-refractivity contribution >= 4 is 17.3 Å². The highest BCUT2D eigenvalue weighted by Gasteiger charge is 2.39. The Morgan fingerprint density at radius 3 is 3.11 bits per heavy atom. The number of rotatable bonds is 2. The first-order chi connectivity index (χ1) is 8.74. The maximum absolute atomic E-state index is 11.8. The van der Waals surface area contributed by atoms with Gasteiger partial charge in [-0.1, -0.05) is 0 Å². The number of carbonyl (C=O) groups excluding carboxylic acids is 1. The SMILES string of the molecule is C[C@@H]1C[C@H](N2CCO[C@H](c3nccs3)C2)C(=O)O1. The monoisotopic (exact) mass is 268 g/mol. The van der Waals surface area contributed by atoms with Crippen LogP contribution in [0.25, 0.3) is 0 Å². The molecule has 2 aliphatic rings. The second kappa shape index (κ2) is 4.95. The first-order valence-electron chi connectivity index (χ1n) is 6.19. The molecule has 0 saturated carbocycles. The Morgan fingerprint density at radius 2 is 2.44 bits per heavy atom. The van der Waals surface area contributed by atoms with Gasteiger partial charge in [0.1, 0.15) is 23.3 Å². The molecule has 3 rings (SSSR count). The summed E-state index contributed by atoms with van der Waals surface area (Å²) in [6.45, 7) is 4.09. The maximum Gasteiger partial charge on any atom is 0.323 e. The van der Waals surface area contributed by atoms with E-state index in [0.29, 0.717) is 6.61 Å². The van der Waals surface area contributed by atoms with E-state index in [1.165, 1.54) is 0 Å². The van der Waals surface area contributed by atoms with Gasteiger partial charge in [-0.3, -0.25) is 9.69 Å². The highest BCUT2D eigenvalue weighted by molar-refractivity contribution is 7.09. The first-order valence-corrected chi connectivity index (χ1v) is 7.07. The molecule has 2 fully saturated rings. The van der Waals surface area contributed by atoms with Gasteiger partial charge in [0.25, 0.3) is 0 Å². The van der Waals surface area contributed by atoms with Crippen LogP contribution in [-0.4, -0.2) is 47.7 Å². The molecular formula is C12H16N2O3S. The summed E-state index contributed by atoms with van der Waals surface area (Å²) in [7, 11) is 0. The highest BCUT2D eigenvalue weighted by Crippen LogP contribution is 2.28. The van der Waals surface area contributed by atoms with Crippen molar-refractivity contribution in [1.82, 2.24) is 9.88 Å². The predicted molar refractivity (Wildman–Crippen MR) is 66.3 cm³/mol. The van der Waals surface area contributed by atoms with Crippen molar-refractivity contribution in [3.63, 3.8) is 0 Å². The minimum absolute atomic E-state index is 0.0116. The van der Waals surface area contributed by atoms with Crippen LogP contribution in [0.2, 0.25) is 0 Å². The number of cyclic esters (lactones) is 1. The predicted octanol–water partition coefficient (Wildman–Crippen LogP) is 1.22. The molecule has 5 nitrogen and oxygen atoms in total. The lowest BCUT2D eigenvalue weighted by molar-refractivity contribution is -0.147. The van der Waals surface area contributed by atoms with E-state index in [0.717, 1.165) is 24.5 Å². The van der Waals surface area contributed by atoms with Crippen LogP contribution in [0.15, 0.2) is 11.6 Å². The average Bonchev–Trinajstić information content (AvgIpc) is 2.99. The van der Waals surface area contributed by atoms with Crippen molar-refractivity contribution in [3.05, 3.63) is 16.6 Å². The zero-order valence-electron chi connectivity index (χ0n) is 10.2. The summed E-state index contributed by atoms with van der Waals surface area (Å²) in [5.41, 5.74) is 0. The summed E-state index contributed by atoms with van der Waals surface area (Å²) >= 11 is 1.60. The van der Waals surface area contributed by atoms with Crippen molar-refractivity contribution < 1.29 is 14.3 Å². The third kappa shape index (κ3) is 2.28. The third-order valence-electron chi connectivity index (χ3n) is 3.41. The zero-order chi connectivity index (χ0) is 12.5. The Morgan fingerprint density at radius 1 is 1.56 bits per heavy atom. The van der Waals surface area contributed by atoms with Crippen LogP contribution >= 0.6 is 11.3 Å². The lowest BCUT2D eigenvalue weighted by Gasteiger charge is -2.34. The van der Waals surface area contributed by atoms with Crippen LogP contribution in [-0.2, 0) is 14.3 Å². The van der Waals surface area contributed by atoms with Gasteiger partial charge in [-0.05, 0) is 6.92 Å². The molecule has 0 amide bonds. The van der Waals surface area contributed by atoms with Crippen molar-refractivity contribution in [2.75, 3.05) is 19.7 Å². The molecule has 6 heteroatoms. The second-order valence-electron chi connectivity index (χ2n) is 4.72. The molecule has 1 aromatic rings. The number of ether oxygens (including phenoxy) is 2. The number of esters is 1. The number of morpholine rings is 1. The molecular weight excluding hydrogens is 252 g/mol. The fraction of sp³-hybridized carbons (Fsp3) is 0.667. The second-order valence-corrected chi connectivity index (χ2v) is 5.65. The van der Waals surface area contributed by atoms with Gasteiger partial charge < -0.3 is 9.47 Å². The van der Waals surface area contributed by atoms with Gasteiger partial charge in [0.2, 0.25) is 0 Å². The quantitative estimate of drug-likeness (QED) is 0.755. The van der Waals surface area contributed by atoms with Crippen LogP contribution < -0.4 is 0 Å². The van der Waals surface area contributed by atoms with E-state index in [1.54, 1.807) is 17.5 Å². The average molecular weight is 268 g/mol. The van der Waals surface area contributed by atoms with Gasteiger partial charge in [-0.15, -0.1) is 11.3 Å². The Balaban J connectivity index is 1.69. The van der Waals surface area contributed by atoms with Gasteiger partial charge >= 0.3 is 5.97 Å². The summed E-state index contributed by atoms with van der Waals surface area (Å²) in [5, 5.41) is 2.93. The number of aromatic nitrogens is 1. The topological polar surface area (TPSA) is 51.7 Å². The van der Waals surface area contributed by atoms with Crippen LogP contribution in [0, 0.1) is 0 Å². The van der Waals surface area contributed by atoms with Gasteiger partial charge in [0.05, 0.1) is 6.61 Å². The van der Waals surface area contributed by atoms with Gasteiger partial charge in [0, 0.05) is 31.1 Å². The van der Waals surface area contributed by atoms with E-state index < -0.39 is 0 Å². The normalized spacial score (nSPS) is 33.6. The molecule has 0 aliphatic carbocycles. The first kappa shape index (κ1) is 12.1.